The molecule has 6 heteroatoms. The second-order valence-electron chi connectivity index (χ2n) is 6.30. The van der Waals surface area contributed by atoms with Crippen LogP contribution in [0.2, 0.25) is 0 Å². The predicted octanol–water partition coefficient (Wildman–Crippen LogP) is 3.28. The smallest absolute Gasteiger partial charge is 0.265 e. The molecule has 0 atom stereocenters. The molecule has 0 radical (unpaired) electrons. The molecule has 1 aliphatic heterocycles. The van der Waals surface area contributed by atoms with Gasteiger partial charge in [0.1, 0.15) is 15.6 Å². The van der Waals surface area contributed by atoms with Crippen molar-refractivity contribution < 1.29 is 9.53 Å². The Labute approximate surface area is 153 Å². The summed E-state index contributed by atoms with van der Waals surface area (Å²) in [4.78, 5) is 19.8. The summed E-state index contributed by atoms with van der Waals surface area (Å²) in [6, 6.07) is 7.76. The molecule has 134 valence electrons. The van der Waals surface area contributed by atoms with Crippen molar-refractivity contribution >= 4 is 17.2 Å². The van der Waals surface area contributed by atoms with Crippen LogP contribution in [-0.2, 0) is 0 Å². The molecule has 2 heterocycles. The third-order valence-electron chi connectivity index (χ3n) is 4.64. The number of likely N-dealkylation sites (tertiary alicyclic amines) is 1. The summed E-state index contributed by atoms with van der Waals surface area (Å²) in [5.74, 6) is 1.61. The topological polar surface area (TPSA) is 54.5 Å². The van der Waals surface area contributed by atoms with Crippen molar-refractivity contribution in [1.82, 2.24) is 15.2 Å². The molecule has 2 aromatic rings. The second-order valence-corrected chi connectivity index (χ2v) is 7.33. The number of nitrogens with one attached hydrogen (secondary N) is 1. The molecule has 1 amide bonds. The van der Waals surface area contributed by atoms with Gasteiger partial charge in [-0.1, -0.05) is 6.92 Å². The second kappa shape index (κ2) is 8.45. The van der Waals surface area contributed by atoms with E-state index in [-0.39, 0.29) is 5.91 Å². The average molecular weight is 359 g/mol. The summed E-state index contributed by atoms with van der Waals surface area (Å²) in [7, 11) is 1.65. The van der Waals surface area contributed by atoms with E-state index in [9.17, 15) is 4.79 Å². The number of carbonyl (C=O) groups excluding carboxylic acids is 1. The molecule has 0 bridgehead atoms. The number of rotatable bonds is 6. The number of aromatic nitrogens is 1. The van der Waals surface area contributed by atoms with Crippen molar-refractivity contribution in [2.45, 2.75) is 19.8 Å². The fourth-order valence-electron chi connectivity index (χ4n) is 3.08. The maximum atomic E-state index is 12.7. The maximum absolute atomic E-state index is 12.7. The van der Waals surface area contributed by atoms with Crippen LogP contribution in [0.15, 0.2) is 30.5 Å². The molecule has 1 fully saturated rings. The molecular weight excluding hydrogens is 334 g/mol. The maximum Gasteiger partial charge on any atom is 0.265 e. The van der Waals surface area contributed by atoms with Gasteiger partial charge in [-0.15, -0.1) is 11.3 Å². The Balaban J connectivity index is 1.61. The summed E-state index contributed by atoms with van der Waals surface area (Å²) >= 11 is 1.46. The van der Waals surface area contributed by atoms with E-state index in [0.29, 0.717) is 5.92 Å². The van der Waals surface area contributed by atoms with Crippen LogP contribution in [0, 0.1) is 5.92 Å². The van der Waals surface area contributed by atoms with Gasteiger partial charge in [0.25, 0.3) is 5.91 Å². The Kier molecular flexibility index (Phi) is 6.04. The number of hydrogen-bond acceptors (Lipinski definition) is 5. The third kappa shape index (κ3) is 4.38. The minimum Gasteiger partial charge on any atom is -0.497 e. The highest BCUT2D eigenvalue weighted by Crippen LogP contribution is 2.28. The van der Waals surface area contributed by atoms with Crippen LogP contribution >= 0.6 is 11.3 Å². The number of thiazole rings is 1. The molecule has 5 nitrogen and oxygen atoms in total. The van der Waals surface area contributed by atoms with Crippen molar-refractivity contribution in [3.63, 3.8) is 0 Å². The van der Waals surface area contributed by atoms with Gasteiger partial charge >= 0.3 is 0 Å². The predicted molar refractivity (Wildman–Crippen MR) is 101 cm³/mol. The highest BCUT2D eigenvalue weighted by molar-refractivity contribution is 7.16. The molecule has 0 spiro atoms. The standard InChI is InChI=1S/C19H25N3O2S/c1-3-20-12-14-8-10-22(11-9-14)19(23)17-13-21-18(25-17)15-4-6-16(24-2)7-5-15/h4-7,13-14,20H,3,8-12H2,1-2H3. The van der Waals surface area contributed by atoms with Crippen LogP contribution in [0.5, 0.6) is 5.75 Å². The van der Waals surface area contributed by atoms with Crippen LogP contribution in [0.1, 0.15) is 29.4 Å². The first-order valence-corrected chi connectivity index (χ1v) is 9.63. The van der Waals surface area contributed by atoms with Gasteiger partial charge in [-0.05, 0) is 56.1 Å². The summed E-state index contributed by atoms with van der Waals surface area (Å²) in [6.45, 7) is 5.87. The van der Waals surface area contributed by atoms with Gasteiger partial charge in [0.2, 0.25) is 0 Å². The van der Waals surface area contributed by atoms with Gasteiger partial charge in [-0.2, -0.15) is 0 Å². The van der Waals surface area contributed by atoms with Gasteiger partial charge in [-0.25, -0.2) is 4.98 Å². The molecule has 1 aliphatic rings. The molecule has 3 rings (SSSR count). The Morgan fingerprint density at radius 1 is 1.32 bits per heavy atom. The lowest BCUT2D eigenvalue weighted by Gasteiger charge is -2.31. The summed E-state index contributed by atoms with van der Waals surface area (Å²) in [5, 5.41) is 4.27. The fourth-order valence-corrected chi connectivity index (χ4v) is 3.97. The third-order valence-corrected chi connectivity index (χ3v) is 5.67. The lowest BCUT2D eigenvalue weighted by Crippen LogP contribution is -2.40. The monoisotopic (exact) mass is 359 g/mol. The summed E-state index contributed by atoms with van der Waals surface area (Å²) in [6.07, 6.45) is 3.85. The zero-order chi connectivity index (χ0) is 17.6. The first-order chi connectivity index (χ1) is 12.2. The minimum atomic E-state index is 0.110. The molecule has 0 saturated carbocycles. The van der Waals surface area contributed by atoms with E-state index >= 15 is 0 Å². The normalized spacial score (nSPS) is 15.4. The van der Waals surface area contributed by atoms with E-state index in [1.54, 1.807) is 13.3 Å². The van der Waals surface area contributed by atoms with Gasteiger partial charge in [0.05, 0.1) is 13.3 Å². The van der Waals surface area contributed by atoms with E-state index < -0.39 is 0 Å². The number of benzene rings is 1. The Morgan fingerprint density at radius 2 is 2.04 bits per heavy atom. The van der Waals surface area contributed by atoms with Crippen LogP contribution in [0.25, 0.3) is 10.6 Å². The molecule has 0 unspecified atom stereocenters. The molecule has 1 aromatic heterocycles. The number of amides is 1. The van der Waals surface area contributed by atoms with E-state index in [1.807, 2.05) is 29.2 Å². The van der Waals surface area contributed by atoms with E-state index in [4.69, 9.17) is 4.74 Å². The van der Waals surface area contributed by atoms with E-state index in [2.05, 4.69) is 17.2 Å². The van der Waals surface area contributed by atoms with Gasteiger partial charge in [0.15, 0.2) is 0 Å². The zero-order valence-electron chi connectivity index (χ0n) is 14.8. The van der Waals surface area contributed by atoms with Crippen LogP contribution in [-0.4, -0.2) is 49.1 Å². The first kappa shape index (κ1) is 17.9. The van der Waals surface area contributed by atoms with E-state index in [0.717, 1.165) is 60.2 Å². The average Bonchev–Trinajstić information content (AvgIpc) is 3.16. The Bertz CT molecular complexity index is 691. The minimum absolute atomic E-state index is 0.110. The number of ether oxygens (including phenoxy) is 1. The van der Waals surface area contributed by atoms with Crippen LogP contribution in [0.4, 0.5) is 0 Å². The highest BCUT2D eigenvalue weighted by Gasteiger charge is 2.24. The SMILES string of the molecule is CCNCC1CCN(C(=O)c2cnc(-c3ccc(OC)cc3)s2)CC1. The fraction of sp³-hybridized carbons (Fsp3) is 0.474. The molecule has 1 saturated heterocycles. The Hall–Kier alpha value is -1.92. The van der Waals surface area contributed by atoms with Gasteiger partial charge < -0.3 is 15.0 Å². The number of carbonyl (C=O) groups is 1. The summed E-state index contributed by atoms with van der Waals surface area (Å²) in [5.41, 5.74) is 1.01. The van der Waals surface area contributed by atoms with Crippen molar-refractivity contribution in [2.75, 3.05) is 33.3 Å². The lowest BCUT2D eigenvalue weighted by molar-refractivity contribution is 0.0695. The first-order valence-electron chi connectivity index (χ1n) is 8.81. The molecule has 1 N–H and O–H groups in total. The molecular formula is C19H25N3O2S. The van der Waals surface area contributed by atoms with E-state index in [1.165, 1.54) is 11.3 Å². The summed E-state index contributed by atoms with van der Waals surface area (Å²) < 4.78 is 5.18. The quantitative estimate of drug-likeness (QED) is 0.860. The Morgan fingerprint density at radius 3 is 2.68 bits per heavy atom. The molecule has 25 heavy (non-hydrogen) atoms. The van der Waals surface area contributed by atoms with Crippen molar-refractivity contribution in [1.29, 1.82) is 0 Å². The number of nitrogens with zero attached hydrogens (tertiary/aromatic N) is 2. The van der Waals surface area contributed by atoms with Crippen molar-refractivity contribution in [2.24, 2.45) is 5.92 Å². The number of methoxy groups -OCH3 is 1. The largest absolute Gasteiger partial charge is 0.497 e. The van der Waals surface area contributed by atoms with Crippen molar-refractivity contribution in [3.8, 4) is 16.3 Å². The number of piperidine rings is 1. The molecule has 1 aromatic carbocycles. The van der Waals surface area contributed by atoms with Crippen molar-refractivity contribution in [3.05, 3.63) is 35.3 Å². The van der Waals surface area contributed by atoms with Gasteiger partial charge in [-0.3, -0.25) is 4.79 Å². The lowest BCUT2D eigenvalue weighted by atomic mass is 9.96. The van der Waals surface area contributed by atoms with Crippen LogP contribution < -0.4 is 10.1 Å². The van der Waals surface area contributed by atoms with Gasteiger partial charge in [0, 0.05) is 18.7 Å². The number of hydrogen-bond donors (Lipinski definition) is 1. The molecule has 0 aliphatic carbocycles. The van der Waals surface area contributed by atoms with Crippen LogP contribution in [0.3, 0.4) is 0 Å². The highest BCUT2D eigenvalue weighted by atomic mass is 32.1. The zero-order valence-corrected chi connectivity index (χ0v) is 15.6.